The zero-order chi connectivity index (χ0) is 19.0. The molecule has 0 spiro atoms. The molecule has 0 heterocycles. The first-order chi connectivity index (χ1) is 11.8. The van der Waals surface area contributed by atoms with Crippen LogP contribution < -0.4 is 14.8 Å². The van der Waals surface area contributed by atoms with Gasteiger partial charge in [-0.3, -0.25) is 9.59 Å². The van der Waals surface area contributed by atoms with E-state index in [1.807, 2.05) is 6.07 Å². The molecule has 0 fully saturated rings. The van der Waals surface area contributed by atoms with Crippen LogP contribution in [0.25, 0.3) is 0 Å². The quantitative estimate of drug-likeness (QED) is 0.695. The van der Waals surface area contributed by atoms with Crippen LogP contribution in [0.15, 0.2) is 18.2 Å². The molecule has 1 aromatic carbocycles. The highest BCUT2D eigenvalue weighted by Gasteiger charge is 2.37. The summed E-state index contributed by atoms with van der Waals surface area (Å²) in [7, 11) is 4.87. The summed E-state index contributed by atoms with van der Waals surface area (Å²) >= 11 is 0. The molecular weight excluding hydrogens is 320 g/mol. The van der Waals surface area contributed by atoms with E-state index in [0.29, 0.717) is 24.6 Å². The summed E-state index contributed by atoms with van der Waals surface area (Å²) in [5.41, 5.74) is -0.243. The van der Waals surface area contributed by atoms with Crippen molar-refractivity contribution in [3.05, 3.63) is 23.8 Å². The molecule has 0 bridgehead atoms. The Kier molecular flexibility index (Phi) is 7.74. The van der Waals surface area contributed by atoms with Crippen LogP contribution in [0.4, 0.5) is 0 Å². The topological polar surface area (TPSA) is 67.9 Å². The Labute approximate surface area is 150 Å². The number of amides is 2. The minimum Gasteiger partial charge on any atom is -0.493 e. The minimum atomic E-state index is -1.11. The van der Waals surface area contributed by atoms with E-state index in [1.54, 1.807) is 52.1 Å². The number of benzene rings is 1. The van der Waals surface area contributed by atoms with Crippen molar-refractivity contribution in [1.29, 1.82) is 0 Å². The van der Waals surface area contributed by atoms with E-state index < -0.39 is 5.41 Å². The third-order valence-electron chi connectivity index (χ3n) is 4.20. The van der Waals surface area contributed by atoms with Gasteiger partial charge in [-0.05, 0) is 38.0 Å². The molecular formula is C19H30N2O4. The first kappa shape index (κ1) is 20.8. The predicted octanol–water partition coefficient (Wildman–Crippen LogP) is 2.60. The number of rotatable bonds is 9. The first-order valence-electron chi connectivity index (χ1n) is 8.52. The van der Waals surface area contributed by atoms with Crippen LogP contribution in [0, 0.1) is 5.41 Å². The normalized spacial score (nSPS) is 11.0. The van der Waals surface area contributed by atoms with E-state index in [2.05, 4.69) is 12.2 Å². The van der Waals surface area contributed by atoms with Crippen LogP contribution in [0.5, 0.6) is 11.5 Å². The predicted molar refractivity (Wildman–Crippen MR) is 97.7 cm³/mol. The number of unbranched alkanes of at least 4 members (excludes halogenated alkanes) is 1. The smallest absolute Gasteiger partial charge is 0.237 e. The van der Waals surface area contributed by atoms with E-state index in [9.17, 15) is 9.59 Å². The van der Waals surface area contributed by atoms with Crippen molar-refractivity contribution < 1.29 is 19.1 Å². The van der Waals surface area contributed by atoms with Crippen LogP contribution >= 0.6 is 0 Å². The highest BCUT2D eigenvalue weighted by Crippen LogP contribution is 2.27. The van der Waals surface area contributed by atoms with Gasteiger partial charge >= 0.3 is 0 Å². The fourth-order valence-corrected chi connectivity index (χ4v) is 2.47. The molecule has 1 aromatic rings. The van der Waals surface area contributed by atoms with Crippen molar-refractivity contribution in [2.75, 3.05) is 27.8 Å². The van der Waals surface area contributed by atoms with Crippen LogP contribution in [0.1, 0.15) is 39.2 Å². The van der Waals surface area contributed by atoms with Crippen LogP contribution in [0.2, 0.25) is 0 Å². The van der Waals surface area contributed by atoms with E-state index in [4.69, 9.17) is 9.47 Å². The summed E-state index contributed by atoms with van der Waals surface area (Å²) in [5, 5.41) is 2.84. The van der Waals surface area contributed by atoms with Crippen LogP contribution in [-0.4, -0.2) is 44.5 Å². The second-order valence-corrected chi connectivity index (χ2v) is 6.58. The number of hydrogen-bond donors (Lipinski definition) is 1. The third-order valence-corrected chi connectivity index (χ3v) is 4.20. The lowest BCUT2D eigenvalue weighted by Gasteiger charge is -2.28. The summed E-state index contributed by atoms with van der Waals surface area (Å²) in [6, 6.07) is 5.44. The molecule has 0 aliphatic rings. The highest BCUT2D eigenvalue weighted by molar-refractivity contribution is 6.04. The molecule has 0 radical (unpaired) electrons. The van der Waals surface area contributed by atoms with Gasteiger partial charge in [0, 0.05) is 20.1 Å². The van der Waals surface area contributed by atoms with Crippen molar-refractivity contribution in [2.24, 2.45) is 5.41 Å². The average Bonchev–Trinajstić information content (AvgIpc) is 2.62. The van der Waals surface area contributed by atoms with Gasteiger partial charge in [0.05, 0.1) is 14.2 Å². The van der Waals surface area contributed by atoms with E-state index in [-0.39, 0.29) is 11.8 Å². The molecule has 140 valence electrons. The fraction of sp³-hybridized carbons (Fsp3) is 0.579. The Morgan fingerprint density at radius 2 is 1.80 bits per heavy atom. The molecule has 6 nitrogen and oxygen atoms in total. The van der Waals surface area contributed by atoms with Crippen molar-refractivity contribution in [2.45, 2.75) is 40.2 Å². The summed E-state index contributed by atoms with van der Waals surface area (Å²) in [6.07, 6.45) is 1.93. The molecule has 1 N–H and O–H groups in total. The maximum absolute atomic E-state index is 12.5. The highest BCUT2D eigenvalue weighted by atomic mass is 16.5. The first-order valence-corrected chi connectivity index (χ1v) is 8.52. The Hall–Kier alpha value is -2.24. The number of carbonyl (C=O) groups is 2. The molecule has 0 unspecified atom stereocenters. The Balaban J connectivity index is 2.73. The maximum atomic E-state index is 12.5. The van der Waals surface area contributed by atoms with Gasteiger partial charge in [-0.25, -0.2) is 0 Å². The number of nitrogens with zero attached hydrogens (tertiary/aromatic N) is 1. The van der Waals surface area contributed by atoms with Crippen molar-refractivity contribution in [3.63, 3.8) is 0 Å². The Morgan fingerprint density at radius 3 is 2.36 bits per heavy atom. The summed E-state index contributed by atoms with van der Waals surface area (Å²) < 4.78 is 10.5. The molecule has 2 amide bonds. The number of hydrogen-bond acceptors (Lipinski definition) is 4. The van der Waals surface area contributed by atoms with Crippen LogP contribution in [0.3, 0.4) is 0 Å². The summed E-state index contributed by atoms with van der Waals surface area (Å²) in [6.45, 7) is 6.35. The third kappa shape index (κ3) is 5.37. The molecule has 0 aliphatic heterocycles. The number of methoxy groups -OCH3 is 2. The van der Waals surface area contributed by atoms with E-state index in [1.165, 1.54) is 0 Å². The summed E-state index contributed by atoms with van der Waals surface area (Å²) in [5.74, 6) is 0.760. The molecule has 0 atom stereocenters. The Morgan fingerprint density at radius 1 is 1.16 bits per heavy atom. The average molecular weight is 350 g/mol. The molecule has 0 aromatic heterocycles. The lowest BCUT2D eigenvalue weighted by atomic mass is 9.90. The molecule has 0 saturated heterocycles. The SMILES string of the molecule is CCCCN(C)C(=O)C(C)(C)C(=O)NCc1ccc(OC)c(OC)c1. The van der Waals surface area contributed by atoms with Gasteiger partial charge < -0.3 is 19.7 Å². The second kappa shape index (κ2) is 9.30. The monoisotopic (exact) mass is 350 g/mol. The molecule has 0 aliphatic carbocycles. The summed E-state index contributed by atoms with van der Waals surface area (Å²) in [4.78, 5) is 26.7. The molecule has 6 heteroatoms. The zero-order valence-electron chi connectivity index (χ0n) is 16.1. The zero-order valence-corrected chi connectivity index (χ0v) is 16.1. The lowest BCUT2D eigenvalue weighted by molar-refractivity contribution is -0.147. The van der Waals surface area contributed by atoms with Crippen LogP contribution in [-0.2, 0) is 16.1 Å². The van der Waals surface area contributed by atoms with Gasteiger partial charge in [0.15, 0.2) is 11.5 Å². The molecule has 0 saturated carbocycles. The van der Waals surface area contributed by atoms with Gasteiger partial charge in [-0.2, -0.15) is 0 Å². The standard InChI is InChI=1S/C19H30N2O4/c1-7-8-11-21(4)18(23)19(2,3)17(22)20-13-14-9-10-15(24-5)16(12-14)25-6/h9-10,12H,7-8,11,13H2,1-6H3,(H,20,22). The van der Waals surface area contributed by atoms with Crippen molar-refractivity contribution >= 4 is 11.8 Å². The number of nitrogens with one attached hydrogen (secondary N) is 1. The van der Waals surface area contributed by atoms with Gasteiger partial charge in [0.1, 0.15) is 5.41 Å². The second-order valence-electron chi connectivity index (χ2n) is 6.58. The van der Waals surface area contributed by atoms with E-state index >= 15 is 0 Å². The van der Waals surface area contributed by atoms with Gasteiger partial charge in [-0.15, -0.1) is 0 Å². The number of ether oxygens (including phenoxy) is 2. The van der Waals surface area contributed by atoms with Gasteiger partial charge in [0.2, 0.25) is 11.8 Å². The van der Waals surface area contributed by atoms with Gasteiger partial charge in [0.25, 0.3) is 0 Å². The number of carbonyl (C=O) groups excluding carboxylic acids is 2. The molecule has 1 rings (SSSR count). The van der Waals surface area contributed by atoms with Crippen molar-refractivity contribution in [1.82, 2.24) is 10.2 Å². The van der Waals surface area contributed by atoms with Gasteiger partial charge in [-0.1, -0.05) is 19.4 Å². The minimum absolute atomic E-state index is 0.175. The lowest BCUT2D eigenvalue weighted by Crippen LogP contribution is -2.48. The van der Waals surface area contributed by atoms with Crippen molar-refractivity contribution in [3.8, 4) is 11.5 Å². The maximum Gasteiger partial charge on any atom is 0.237 e. The molecule has 25 heavy (non-hydrogen) atoms. The Bertz CT molecular complexity index is 599. The fourth-order valence-electron chi connectivity index (χ4n) is 2.47. The largest absolute Gasteiger partial charge is 0.493 e. The van der Waals surface area contributed by atoms with E-state index in [0.717, 1.165) is 18.4 Å².